The molecule has 26 heavy (non-hydrogen) atoms. The van der Waals surface area contributed by atoms with Gasteiger partial charge >= 0.3 is 0 Å². The van der Waals surface area contributed by atoms with E-state index in [0.717, 1.165) is 16.8 Å². The molecule has 1 unspecified atom stereocenters. The summed E-state index contributed by atoms with van der Waals surface area (Å²) >= 11 is 0. The minimum Gasteiger partial charge on any atom is -0.355 e. The lowest BCUT2D eigenvalue weighted by molar-refractivity contribution is -0.126. The lowest BCUT2D eigenvalue weighted by Gasteiger charge is -2.18. The maximum absolute atomic E-state index is 12.9. The summed E-state index contributed by atoms with van der Waals surface area (Å²) in [7, 11) is 0. The van der Waals surface area contributed by atoms with Crippen LogP contribution in [0.25, 0.3) is 0 Å². The van der Waals surface area contributed by atoms with Crippen molar-refractivity contribution >= 4 is 17.5 Å². The van der Waals surface area contributed by atoms with Crippen LogP contribution in [0.15, 0.2) is 42.5 Å². The molecule has 4 nitrogen and oxygen atoms in total. The normalized spacial score (nSPS) is 16.8. The molecule has 5 heteroatoms. The number of aryl methyl sites for hydroxylation is 2. The molecule has 0 radical (unpaired) electrons. The van der Waals surface area contributed by atoms with E-state index in [2.05, 4.69) is 5.32 Å². The SMILES string of the molecule is Cc1ccc(N2CC(C(=O)NCCc3ccc(F)cc3)CC2=O)cc1C. The molecule has 1 saturated heterocycles. The van der Waals surface area contributed by atoms with Crippen LogP contribution in [-0.2, 0) is 16.0 Å². The Morgan fingerprint density at radius 1 is 1.15 bits per heavy atom. The highest BCUT2D eigenvalue weighted by Crippen LogP contribution is 2.26. The van der Waals surface area contributed by atoms with Crippen molar-refractivity contribution in [3.8, 4) is 0 Å². The summed E-state index contributed by atoms with van der Waals surface area (Å²) in [4.78, 5) is 26.4. The first-order chi connectivity index (χ1) is 12.4. The van der Waals surface area contributed by atoms with Crippen molar-refractivity contribution < 1.29 is 14.0 Å². The van der Waals surface area contributed by atoms with Crippen LogP contribution in [0, 0.1) is 25.6 Å². The summed E-state index contributed by atoms with van der Waals surface area (Å²) in [6, 6.07) is 12.2. The quantitative estimate of drug-likeness (QED) is 0.897. The fourth-order valence-corrected chi connectivity index (χ4v) is 3.15. The van der Waals surface area contributed by atoms with Crippen molar-refractivity contribution in [1.29, 1.82) is 0 Å². The van der Waals surface area contributed by atoms with Crippen LogP contribution in [-0.4, -0.2) is 24.9 Å². The molecule has 0 aliphatic carbocycles. The highest BCUT2D eigenvalue weighted by Gasteiger charge is 2.35. The first-order valence-corrected chi connectivity index (χ1v) is 8.84. The molecule has 1 atom stereocenters. The molecule has 3 rings (SSSR count). The summed E-state index contributed by atoms with van der Waals surface area (Å²) in [5.74, 6) is -0.732. The zero-order chi connectivity index (χ0) is 18.7. The summed E-state index contributed by atoms with van der Waals surface area (Å²) in [5, 5.41) is 2.89. The molecular weight excluding hydrogens is 331 g/mol. The summed E-state index contributed by atoms with van der Waals surface area (Å²) < 4.78 is 12.9. The highest BCUT2D eigenvalue weighted by molar-refractivity contribution is 6.00. The number of carbonyl (C=O) groups excluding carboxylic acids is 2. The molecule has 1 fully saturated rings. The van der Waals surface area contributed by atoms with E-state index in [4.69, 9.17) is 0 Å². The Balaban J connectivity index is 1.54. The molecule has 2 aromatic rings. The second-order valence-corrected chi connectivity index (χ2v) is 6.84. The molecule has 0 aromatic heterocycles. The fraction of sp³-hybridized carbons (Fsp3) is 0.333. The minimum absolute atomic E-state index is 0.0214. The zero-order valence-electron chi connectivity index (χ0n) is 15.1. The zero-order valence-corrected chi connectivity index (χ0v) is 15.1. The number of halogens is 1. The van der Waals surface area contributed by atoms with Crippen LogP contribution in [0.4, 0.5) is 10.1 Å². The second-order valence-electron chi connectivity index (χ2n) is 6.84. The predicted octanol–water partition coefficient (Wildman–Crippen LogP) is 3.15. The van der Waals surface area contributed by atoms with E-state index in [1.54, 1.807) is 17.0 Å². The van der Waals surface area contributed by atoms with Crippen molar-refractivity contribution in [2.75, 3.05) is 18.0 Å². The third-order valence-electron chi connectivity index (χ3n) is 4.92. The van der Waals surface area contributed by atoms with Crippen LogP contribution in [0.1, 0.15) is 23.1 Å². The van der Waals surface area contributed by atoms with Gasteiger partial charge in [-0.3, -0.25) is 9.59 Å². The Hall–Kier alpha value is -2.69. The number of amides is 2. The van der Waals surface area contributed by atoms with E-state index < -0.39 is 0 Å². The molecule has 1 aliphatic rings. The van der Waals surface area contributed by atoms with Crippen LogP contribution < -0.4 is 10.2 Å². The van der Waals surface area contributed by atoms with Crippen LogP contribution >= 0.6 is 0 Å². The van der Waals surface area contributed by atoms with Gasteiger partial charge in [-0.25, -0.2) is 4.39 Å². The molecular formula is C21H23FN2O2. The van der Waals surface area contributed by atoms with Gasteiger partial charge in [-0.2, -0.15) is 0 Å². The third-order valence-corrected chi connectivity index (χ3v) is 4.92. The summed E-state index contributed by atoms with van der Waals surface area (Å²) in [5.41, 5.74) is 4.11. The number of carbonyl (C=O) groups is 2. The van der Waals surface area contributed by atoms with Crippen LogP contribution in [0.2, 0.25) is 0 Å². The van der Waals surface area contributed by atoms with Gasteiger partial charge in [0.25, 0.3) is 0 Å². The Morgan fingerprint density at radius 2 is 1.88 bits per heavy atom. The van der Waals surface area contributed by atoms with Gasteiger partial charge in [0.1, 0.15) is 5.82 Å². The van der Waals surface area contributed by atoms with Gasteiger partial charge in [-0.05, 0) is 61.2 Å². The predicted molar refractivity (Wildman–Crippen MR) is 99.5 cm³/mol. The van der Waals surface area contributed by atoms with E-state index in [1.807, 2.05) is 32.0 Å². The molecule has 1 aliphatic heterocycles. The highest BCUT2D eigenvalue weighted by atomic mass is 19.1. The molecule has 1 heterocycles. The van der Waals surface area contributed by atoms with Crippen molar-refractivity contribution in [3.05, 3.63) is 65.0 Å². The summed E-state index contributed by atoms with van der Waals surface area (Å²) in [6.45, 7) is 4.92. The largest absolute Gasteiger partial charge is 0.355 e. The van der Waals surface area contributed by atoms with Gasteiger partial charge in [0.15, 0.2) is 0 Å². The molecule has 2 amide bonds. The van der Waals surface area contributed by atoms with Gasteiger partial charge in [0, 0.05) is 25.2 Å². The van der Waals surface area contributed by atoms with Gasteiger partial charge in [0.05, 0.1) is 5.92 Å². The average molecular weight is 354 g/mol. The topological polar surface area (TPSA) is 49.4 Å². The molecule has 0 spiro atoms. The lowest BCUT2D eigenvalue weighted by atomic mass is 10.1. The number of nitrogens with one attached hydrogen (secondary N) is 1. The number of nitrogens with zero attached hydrogens (tertiary/aromatic N) is 1. The smallest absolute Gasteiger partial charge is 0.227 e. The van der Waals surface area contributed by atoms with Gasteiger partial charge in [-0.15, -0.1) is 0 Å². The Morgan fingerprint density at radius 3 is 2.58 bits per heavy atom. The molecule has 1 N–H and O–H groups in total. The summed E-state index contributed by atoms with van der Waals surface area (Å²) in [6.07, 6.45) is 0.864. The van der Waals surface area contributed by atoms with Gasteiger partial charge in [0.2, 0.25) is 11.8 Å². The maximum atomic E-state index is 12.9. The van der Waals surface area contributed by atoms with E-state index in [9.17, 15) is 14.0 Å². The van der Waals surface area contributed by atoms with Crippen molar-refractivity contribution in [3.63, 3.8) is 0 Å². The van der Waals surface area contributed by atoms with E-state index in [0.29, 0.717) is 19.5 Å². The first-order valence-electron chi connectivity index (χ1n) is 8.84. The minimum atomic E-state index is -0.336. The number of benzene rings is 2. The molecule has 0 saturated carbocycles. The molecule has 0 bridgehead atoms. The first kappa shape index (κ1) is 18.1. The standard InChI is InChI=1S/C21H23FN2O2/c1-14-3-8-19(11-15(14)2)24-13-17(12-20(24)25)21(26)23-10-9-16-4-6-18(22)7-5-16/h3-8,11,17H,9-10,12-13H2,1-2H3,(H,23,26). The van der Waals surface area contributed by atoms with Crippen molar-refractivity contribution in [1.82, 2.24) is 5.32 Å². The third kappa shape index (κ3) is 4.10. The van der Waals surface area contributed by atoms with Crippen LogP contribution in [0.5, 0.6) is 0 Å². The van der Waals surface area contributed by atoms with Gasteiger partial charge in [-0.1, -0.05) is 18.2 Å². The number of anilines is 1. The second kappa shape index (κ2) is 7.68. The van der Waals surface area contributed by atoms with E-state index >= 15 is 0 Å². The molecule has 2 aromatic carbocycles. The monoisotopic (exact) mass is 354 g/mol. The van der Waals surface area contributed by atoms with E-state index in [1.165, 1.54) is 17.7 Å². The Labute approximate surface area is 153 Å². The number of hydrogen-bond donors (Lipinski definition) is 1. The lowest BCUT2D eigenvalue weighted by Crippen LogP contribution is -2.34. The number of rotatable bonds is 5. The maximum Gasteiger partial charge on any atom is 0.227 e. The van der Waals surface area contributed by atoms with Crippen molar-refractivity contribution in [2.24, 2.45) is 5.92 Å². The molecule has 136 valence electrons. The van der Waals surface area contributed by atoms with Gasteiger partial charge < -0.3 is 10.2 Å². The fourth-order valence-electron chi connectivity index (χ4n) is 3.15. The Kier molecular flexibility index (Phi) is 5.35. The average Bonchev–Trinajstić information content (AvgIpc) is 3.01. The van der Waals surface area contributed by atoms with Crippen molar-refractivity contribution in [2.45, 2.75) is 26.7 Å². The Bertz CT molecular complexity index is 817. The number of hydrogen-bond acceptors (Lipinski definition) is 2. The van der Waals surface area contributed by atoms with E-state index in [-0.39, 0.29) is 30.0 Å². The van der Waals surface area contributed by atoms with Crippen LogP contribution in [0.3, 0.4) is 0 Å².